The molecule has 0 aliphatic heterocycles. The average molecular weight is 186 g/mol. The van der Waals surface area contributed by atoms with Crippen LogP contribution in [0, 0.1) is 5.21 Å². The van der Waals surface area contributed by atoms with Gasteiger partial charge in [0.05, 0.1) is 0 Å². The Kier molecular flexibility index (Phi) is 3.70. The molecule has 1 aromatic heterocycles. The fraction of sp³-hybridized carbons (Fsp3) is 0.750. The Morgan fingerprint density at radius 2 is 2.31 bits per heavy atom. The van der Waals surface area contributed by atoms with Crippen molar-refractivity contribution in [1.29, 1.82) is 0 Å². The zero-order valence-electron chi connectivity index (χ0n) is 7.69. The molecule has 0 saturated carbocycles. The number of hydrogen-bond donors (Lipinski definition) is 1. The van der Waals surface area contributed by atoms with E-state index in [-0.39, 0.29) is 17.2 Å². The van der Waals surface area contributed by atoms with E-state index in [1.54, 1.807) is 0 Å². The highest BCUT2D eigenvalue weighted by Gasteiger charge is 2.16. The van der Waals surface area contributed by atoms with Crippen LogP contribution in [0.2, 0.25) is 0 Å². The summed E-state index contributed by atoms with van der Waals surface area (Å²) in [6, 6.07) is 0. The third-order valence-corrected chi connectivity index (χ3v) is 1.95. The van der Waals surface area contributed by atoms with Crippen molar-refractivity contribution in [2.75, 3.05) is 0 Å². The summed E-state index contributed by atoms with van der Waals surface area (Å²) in [7, 11) is 0. The highest BCUT2D eigenvalue weighted by molar-refractivity contribution is 5.01. The first-order valence-corrected chi connectivity index (χ1v) is 4.48. The largest absolute Gasteiger partial charge is 0.388 e. The maximum Gasteiger partial charge on any atom is 0.223 e. The van der Waals surface area contributed by atoms with Gasteiger partial charge in [0.25, 0.3) is 0 Å². The SMILES string of the molecule is CCCCCc1no[n+]([O-])c1CO. The minimum Gasteiger partial charge on any atom is -0.388 e. The summed E-state index contributed by atoms with van der Waals surface area (Å²) < 4.78 is 4.37. The van der Waals surface area contributed by atoms with Crippen molar-refractivity contribution in [3.8, 4) is 0 Å². The molecule has 1 rings (SSSR count). The molecule has 0 atom stereocenters. The van der Waals surface area contributed by atoms with Crippen molar-refractivity contribution in [3.63, 3.8) is 0 Å². The van der Waals surface area contributed by atoms with E-state index < -0.39 is 0 Å². The van der Waals surface area contributed by atoms with Gasteiger partial charge < -0.3 is 10.3 Å². The molecule has 0 fully saturated rings. The maximum absolute atomic E-state index is 10.8. The fourth-order valence-electron chi connectivity index (χ4n) is 1.18. The Morgan fingerprint density at radius 1 is 1.54 bits per heavy atom. The first kappa shape index (κ1) is 9.98. The van der Waals surface area contributed by atoms with Crippen molar-refractivity contribution < 1.29 is 14.6 Å². The summed E-state index contributed by atoms with van der Waals surface area (Å²) in [6.45, 7) is 1.79. The summed E-state index contributed by atoms with van der Waals surface area (Å²) >= 11 is 0. The minimum absolute atomic E-state index is 0.233. The monoisotopic (exact) mass is 186 g/mol. The van der Waals surface area contributed by atoms with Crippen molar-refractivity contribution in [2.24, 2.45) is 0 Å². The van der Waals surface area contributed by atoms with Crippen molar-refractivity contribution in [3.05, 3.63) is 16.6 Å². The summed E-state index contributed by atoms with van der Waals surface area (Å²) in [5, 5.41) is 23.2. The number of rotatable bonds is 5. The normalized spacial score (nSPS) is 10.6. The third-order valence-electron chi connectivity index (χ3n) is 1.95. The maximum atomic E-state index is 10.8. The number of unbranched alkanes of at least 4 members (excludes halogenated alkanes) is 2. The van der Waals surface area contributed by atoms with E-state index >= 15 is 0 Å². The van der Waals surface area contributed by atoms with Gasteiger partial charge in [-0.05, 0) is 11.3 Å². The Balaban J connectivity index is 2.55. The van der Waals surface area contributed by atoms with E-state index in [1.807, 2.05) is 0 Å². The van der Waals surface area contributed by atoms with Gasteiger partial charge in [-0.2, -0.15) is 0 Å². The van der Waals surface area contributed by atoms with Crippen LogP contribution < -0.4 is 4.90 Å². The summed E-state index contributed by atoms with van der Waals surface area (Å²) in [5.41, 5.74) is 0.807. The van der Waals surface area contributed by atoms with Crippen LogP contribution in [0.4, 0.5) is 0 Å². The van der Waals surface area contributed by atoms with E-state index in [1.165, 1.54) is 0 Å². The molecule has 0 bridgehead atoms. The molecule has 0 amide bonds. The Hall–Kier alpha value is -1.10. The second kappa shape index (κ2) is 4.81. The molecule has 1 aromatic rings. The molecular formula is C8H14N2O3. The van der Waals surface area contributed by atoms with Crippen LogP contribution in [0.15, 0.2) is 4.63 Å². The van der Waals surface area contributed by atoms with Gasteiger partial charge in [0.1, 0.15) is 6.61 Å². The highest BCUT2D eigenvalue weighted by atomic mass is 16.8. The molecule has 0 unspecified atom stereocenters. The standard InChI is InChI=1S/C8H14N2O3/c1-2-3-4-5-7-8(6-11)10(12)13-9-7/h11H,2-6H2,1H3. The lowest BCUT2D eigenvalue weighted by atomic mass is 10.1. The molecule has 13 heavy (non-hydrogen) atoms. The van der Waals surface area contributed by atoms with Crippen LogP contribution in [0.3, 0.4) is 0 Å². The second-order valence-corrected chi connectivity index (χ2v) is 2.94. The van der Waals surface area contributed by atoms with Crippen molar-refractivity contribution in [1.82, 2.24) is 5.16 Å². The first-order valence-electron chi connectivity index (χ1n) is 4.48. The molecule has 1 heterocycles. The van der Waals surface area contributed by atoms with Gasteiger partial charge in [0, 0.05) is 11.6 Å². The Bertz CT molecular complexity index is 260. The second-order valence-electron chi connectivity index (χ2n) is 2.94. The van der Waals surface area contributed by atoms with Gasteiger partial charge >= 0.3 is 0 Å². The smallest absolute Gasteiger partial charge is 0.223 e. The number of aliphatic hydroxyl groups excluding tert-OH is 1. The third kappa shape index (κ3) is 2.42. The van der Waals surface area contributed by atoms with E-state index in [9.17, 15) is 5.21 Å². The van der Waals surface area contributed by atoms with Crippen LogP contribution in [0.5, 0.6) is 0 Å². The molecule has 5 heteroatoms. The molecule has 0 spiro atoms. The van der Waals surface area contributed by atoms with Crippen molar-refractivity contribution in [2.45, 2.75) is 39.2 Å². The topological polar surface area (TPSA) is 73.2 Å². The number of aromatic nitrogens is 2. The van der Waals surface area contributed by atoms with Crippen LogP contribution in [0.25, 0.3) is 0 Å². The van der Waals surface area contributed by atoms with Gasteiger partial charge in [-0.15, -0.1) is 0 Å². The summed E-state index contributed by atoms with van der Waals surface area (Å²) in [5.74, 6) is 0. The number of aliphatic hydroxyl groups is 1. The van der Waals surface area contributed by atoms with Crippen LogP contribution in [-0.2, 0) is 13.0 Å². The predicted octanol–water partition coefficient (Wildman–Crippen LogP) is 0.533. The van der Waals surface area contributed by atoms with Crippen LogP contribution in [-0.4, -0.2) is 10.3 Å². The van der Waals surface area contributed by atoms with Gasteiger partial charge in [-0.1, -0.05) is 19.8 Å². The molecule has 74 valence electrons. The minimum atomic E-state index is -0.311. The van der Waals surface area contributed by atoms with Gasteiger partial charge in [-0.3, -0.25) is 4.63 Å². The Morgan fingerprint density at radius 3 is 2.92 bits per heavy atom. The first-order chi connectivity index (χ1) is 6.29. The molecule has 0 aliphatic carbocycles. The number of hydrogen-bond acceptors (Lipinski definition) is 4. The lowest BCUT2D eigenvalue weighted by Gasteiger charge is -1.93. The summed E-state index contributed by atoms with van der Waals surface area (Å²) in [6.07, 6.45) is 3.87. The molecule has 0 radical (unpaired) electrons. The molecule has 1 N–H and O–H groups in total. The van der Waals surface area contributed by atoms with Crippen LogP contribution in [0.1, 0.15) is 37.6 Å². The zero-order chi connectivity index (χ0) is 9.68. The molecule has 0 saturated heterocycles. The molecule has 5 nitrogen and oxygen atoms in total. The lowest BCUT2D eigenvalue weighted by Crippen LogP contribution is -2.28. The van der Waals surface area contributed by atoms with Crippen LogP contribution >= 0.6 is 0 Å². The van der Waals surface area contributed by atoms with E-state index in [0.717, 1.165) is 19.3 Å². The average Bonchev–Trinajstić information content (AvgIpc) is 2.47. The van der Waals surface area contributed by atoms with E-state index in [2.05, 4.69) is 16.7 Å². The molecule has 0 aliphatic rings. The fourth-order valence-corrected chi connectivity index (χ4v) is 1.18. The number of aryl methyl sites for hydroxylation is 1. The van der Waals surface area contributed by atoms with Gasteiger partial charge in [-0.25, -0.2) is 0 Å². The van der Waals surface area contributed by atoms with E-state index in [4.69, 9.17) is 5.11 Å². The van der Waals surface area contributed by atoms with Gasteiger partial charge in [0.2, 0.25) is 11.4 Å². The quantitative estimate of drug-likeness (QED) is 0.537. The summed E-state index contributed by atoms with van der Waals surface area (Å²) in [4.78, 5) is 0.265. The lowest BCUT2D eigenvalue weighted by molar-refractivity contribution is -0.809. The predicted molar refractivity (Wildman–Crippen MR) is 44.6 cm³/mol. The van der Waals surface area contributed by atoms with Crippen molar-refractivity contribution >= 4 is 0 Å². The molecular weight excluding hydrogens is 172 g/mol. The van der Waals surface area contributed by atoms with E-state index in [0.29, 0.717) is 12.1 Å². The van der Waals surface area contributed by atoms with Gasteiger partial charge in [0.15, 0.2) is 0 Å². The Labute approximate surface area is 76.5 Å². The number of nitrogens with zero attached hydrogens (tertiary/aromatic N) is 2. The molecule has 0 aromatic carbocycles. The highest BCUT2D eigenvalue weighted by Crippen LogP contribution is 2.06. The zero-order valence-corrected chi connectivity index (χ0v) is 7.69.